The van der Waals surface area contributed by atoms with Crippen LogP contribution in [0.4, 0.5) is 0 Å². The van der Waals surface area contributed by atoms with E-state index in [0.717, 1.165) is 44.5 Å². The minimum atomic E-state index is -4.39. The Hall–Kier alpha value is -4.24. The van der Waals surface area contributed by atoms with Crippen LogP contribution in [0.5, 0.6) is 0 Å². The van der Waals surface area contributed by atoms with Crippen LogP contribution >= 0.6 is 7.82 Å². The maximum atomic E-state index is 14.2. The standard InChI is InChI=1S/C38H41O9P/c1-26-5-13-30(14-6-26)22-42-36-35(46-38(40)37(36)43-23-31-15-7-27(2)8-16-31)34(21-39)47-48(41,44-24-32-17-9-28(3)10-18-32)45-25-33-19-11-29(4)12-20-33/h5-20,34-35,39H,21-25H2,1-4H3. The number of phosphoric acid groups is 1. The lowest BCUT2D eigenvalue weighted by Gasteiger charge is -2.27. The van der Waals surface area contributed by atoms with Gasteiger partial charge in [0, 0.05) is 0 Å². The average Bonchev–Trinajstić information content (AvgIpc) is 3.40. The highest BCUT2D eigenvalue weighted by Crippen LogP contribution is 2.53. The van der Waals surface area contributed by atoms with Gasteiger partial charge in [-0.25, -0.2) is 9.36 Å². The number of aliphatic hydroxyl groups is 1. The van der Waals surface area contributed by atoms with E-state index >= 15 is 0 Å². The number of cyclic esters (lactones) is 1. The molecular formula is C38H41O9P. The molecular weight excluding hydrogens is 631 g/mol. The number of hydrogen-bond acceptors (Lipinski definition) is 9. The summed E-state index contributed by atoms with van der Waals surface area (Å²) in [5.41, 5.74) is 7.43. The van der Waals surface area contributed by atoms with E-state index in [1.165, 1.54) is 0 Å². The summed E-state index contributed by atoms with van der Waals surface area (Å²) in [4.78, 5) is 13.2. The molecule has 0 saturated heterocycles. The van der Waals surface area contributed by atoms with Gasteiger partial charge >= 0.3 is 13.8 Å². The summed E-state index contributed by atoms with van der Waals surface area (Å²) in [5, 5.41) is 10.6. The molecule has 1 heterocycles. The third-order valence-corrected chi connectivity index (χ3v) is 9.14. The lowest BCUT2D eigenvalue weighted by molar-refractivity contribution is -0.148. The van der Waals surface area contributed by atoms with Gasteiger partial charge in [0.25, 0.3) is 0 Å². The van der Waals surface area contributed by atoms with Crippen LogP contribution in [0.25, 0.3) is 0 Å². The maximum Gasteiger partial charge on any atom is 0.475 e. The zero-order valence-corrected chi connectivity index (χ0v) is 28.5. The molecule has 0 aromatic heterocycles. The quantitative estimate of drug-likeness (QED) is 0.0946. The van der Waals surface area contributed by atoms with Crippen LogP contribution in [0.3, 0.4) is 0 Å². The van der Waals surface area contributed by atoms with Crippen molar-refractivity contribution in [1.82, 2.24) is 0 Å². The fourth-order valence-corrected chi connectivity index (χ4v) is 6.10. The first-order valence-electron chi connectivity index (χ1n) is 15.7. The summed E-state index contributed by atoms with van der Waals surface area (Å²) in [7, 11) is -4.39. The number of aryl methyl sites for hydroxylation is 4. The van der Waals surface area contributed by atoms with Gasteiger partial charge in [-0.1, -0.05) is 119 Å². The Labute approximate surface area is 281 Å². The van der Waals surface area contributed by atoms with Crippen molar-refractivity contribution in [3.05, 3.63) is 153 Å². The van der Waals surface area contributed by atoms with Crippen molar-refractivity contribution >= 4 is 13.8 Å². The zero-order chi connectivity index (χ0) is 34.1. The van der Waals surface area contributed by atoms with Gasteiger partial charge < -0.3 is 19.3 Å². The molecule has 4 aromatic carbocycles. The highest BCUT2D eigenvalue weighted by molar-refractivity contribution is 7.48. The fraction of sp³-hybridized carbons (Fsp3) is 0.289. The molecule has 10 heteroatoms. The van der Waals surface area contributed by atoms with E-state index in [4.69, 9.17) is 27.8 Å². The fourth-order valence-electron chi connectivity index (χ4n) is 4.78. The van der Waals surface area contributed by atoms with Crippen molar-refractivity contribution in [3.8, 4) is 0 Å². The van der Waals surface area contributed by atoms with E-state index < -0.39 is 32.6 Å². The van der Waals surface area contributed by atoms with Gasteiger partial charge in [0.15, 0.2) is 11.9 Å². The smallest absolute Gasteiger partial charge is 0.475 e. The number of aliphatic hydroxyl groups excluding tert-OH is 1. The second-order valence-electron chi connectivity index (χ2n) is 11.9. The number of carbonyl (C=O) groups excluding carboxylic acids is 1. The molecule has 2 atom stereocenters. The van der Waals surface area contributed by atoms with Crippen molar-refractivity contribution in [2.45, 2.75) is 66.3 Å². The molecule has 1 aliphatic heterocycles. The molecule has 0 spiro atoms. The molecule has 1 N–H and O–H groups in total. The SMILES string of the molecule is Cc1ccc(COC2=C(OCc3ccc(C)cc3)C(C(CO)OP(=O)(OCc3ccc(C)cc3)OCc3ccc(C)cc3)OC2=O)cc1. The van der Waals surface area contributed by atoms with E-state index in [1.54, 1.807) is 0 Å². The Morgan fingerprint density at radius 3 is 1.40 bits per heavy atom. The zero-order valence-electron chi connectivity index (χ0n) is 27.6. The van der Waals surface area contributed by atoms with Gasteiger partial charge in [-0.2, -0.15) is 0 Å². The van der Waals surface area contributed by atoms with Crippen LogP contribution in [0.2, 0.25) is 0 Å². The van der Waals surface area contributed by atoms with Crippen molar-refractivity contribution in [2.75, 3.05) is 6.61 Å². The number of carbonyl (C=O) groups is 1. The maximum absolute atomic E-state index is 14.2. The first kappa shape index (κ1) is 35.1. The molecule has 5 rings (SSSR count). The summed E-state index contributed by atoms with van der Waals surface area (Å²) < 4.78 is 49.6. The molecule has 0 radical (unpaired) electrons. The van der Waals surface area contributed by atoms with Crippen molar-refractivity contribution in [1.29, 1.82) is 0 Å². The minimum absolute atomic E-state index is 0.00959. The van der Waals surface area contributed by atoms with Crippen LogP contribution in [0.1, 0.15) is 44.5 Å². The molecule has 48 heavy (non-hydrogen) atoms. The van der Waals surface area contributed by atoms with Crippen LogP contribution in [0, 0.1) is 27.7 Å². The van der Waals surface area contributed by atoms with Crippen molar-refractivity contribution in [2.24, 2.45) is 0 Å². The topological polar surface area (TPSA) is 110 Å². The lowest BCUT2D eigenvalue weighted by atomic mass is 10.1. The van der Waals surface area contributed by atoms with E-state index in [2.05, 4.69) is 0 Å². The van der Waals surface area contributed by atoms with E-state index in [0.29, 0.717) is 0 Å². The number of rotatable bonds is 16. The molecule has 0 saturated carbocycles. The summed E-state index contributed by atoms with van der Waals surface area (Å²) in [6.07, 6.45) is -2.69. The van der Waals surface area contributed by atoms with E-state index in [-0.39, 0.29) is 37.9 Å². The van der Waals surface area contributed by atoms with Crippen LogP contribution < -0.4 is 0 Å². The lowest BCUT2D eigenvalue weighted by Crippen LogP contribution is -2.35. The number of hydrogen-bond donors (Lipinski definition) is 1. The summed E-state index contributed by atoms with van der Waals surface area (Å²) in [6, 6.07) is 30.4. The Kier molecular flexibility index (Phi) is 11.9. The molecule has 4 aromatic rings. The molecule has 0 amide bonds. The first-order valence-corrected chi connectivity index (χ1v) is 17.2. The van der Waals surface area contributed by atoms with Gasteiger partial charge in [0.05, 0.1) is 19.8 Å². The Morgan fingerprint density at radius 1 is 0.625 bits per heavy atom. The molecule has 9 nitrogen and oxygen atoms in total. The third kappa shape index (κ3) is 9.66. The Bertz CT molecular complexity index is 1680. The van der Waals surface area contributed by atoms with Gasteiger partial charge in [0.2, 0.25) is 5.76 Å². The third-order valence-electron chi connectivity index (χ3n) is 7.72. The van der Waals surface area contributed by atoms with E-state index in [1.807, 2.05) is 125 Å². The minimum Gasteiger partial charge on any atom is -0.485 e. The predicted molar refractivity (Wildman–Crippen MR) is 180 cm³/mol. The van der Waals surface area contributed by atoms with Crippen molar-refractivity contribution < 1.29 is 42.2 Å². The first-order chi connectivity index (χ1) is 23.1. The van der Waals surface area contributed by atoms with Gasteiger partial charge in [-0.15, -0.1) is 0 Å². The molecule has 2 unspecified atom stereocenters. The number of phosphoric ester groups is 1. The molecule has 0 fully saturated rings. The van der Waals surface area contributed by atoms with Gasteiger partial charge in [-0.05, 0) is 49.9 Å². The molecule has 0 aliphatic carbocycles. The summed E-state index contributed by atoms with van der Waals surface area (Å²) in [6.45, 7) is 7.13. The molecule has 0 bridgehead atoms. The summed E-state index contributed by atoms with van der Waals surface area (Å²) >= 11 is 0. The predicted octanol–water partition coefficient (Wildman–Crippen LogP) is 7.71. The monoisotopic (exact) mass is 672 g/mol. The Balaban J connectivity index is 1.40. The van der Waals surface area contributed by atoms with Crippen LogP contribution in [-0.4, -0.2) is 29.9 Å². The normalized spacial score (nSPS) is 15.4. The second kappa shape index (κ2) is 16.2. The number of benzene rings is 4. The summed E-state index contributed by atoms with van der Waals surface area (Å²) in [5.74, 6) is -0.954. The molecule has 252 valence electrons. The highest BCUT2D eigenvalue weighted by atomic mass is 31.2. The highest BCUT2D eigenvalue weighted by Gasteiger charge is 2.46. The van der Waals surface area contributed by atoms with Crippen LogP contribution in [-0.2, 0) is 63.6 Å². The molecule has 1 aliphatic rings. The van der Waals surface area contributed by atoms with Gasteiger partial charge in [0.1, 0.15) is 19.3 Å². The largest absolute Gasteiger partial charge is 0.485 e. The number of ether oxygens (including phenoxy) is 3. The second-order valence-corrected chi connectivity index (χ2v) is 13.5. The number of esters is 1. The van der Waals surface area contributed by atoms with Gasteiger partial charge in [-0.3, -0.25) is 13.6 Å². The average molecular weight is 673 g/mol. The van der Waals surface area contributed by atoms with Crippen LogP contribution in [0.15, 0.2) is 109 Å². The van der Waals surface area contributed by atoms with Crippen molar-refractivity contribution in [3.63, 3.8) is 0 Å². The van der Waals surface area contributed by atoms with E-state index in [9.17, 15) is 14.5 Å². The Morgan fingerprint density at radius 2 is 1.00 bits per heavy atom.